The lowest BCUT2D eigenvalue weighted by Gasteiger charge is -2.20. The van der Waals surface area contributed by atoms with E-state index in [1.54, 1.807) is 0 Å². The van der Waals surface area contributed by atoms with Crippen LogP contribution in [-0.4, -0.2) is 34.4 Å². The molecule has 0 saturated heterocycles. The van der Waals surface area contributed by atoms with E-state index in [-0.39, 0.29) is 16.2 Å². The molecule has 164 valence electrons. The molecule has 2 aromatic heterocycles. The van der Waals surface area contributed by atoms with Crippen molar-refractivity contribution in [3.63, 3.8) is 0 Å². The van der Waals surface area contributed by atoms with E-state index < -0.39 is 56.0 Å². The Bertz CT molecular complexity index is 1400. The molecule has 1 unspecified atom stereocenters. The number of hydrogen-bond acceptors (Lipinski definition) is 6. The summed E-state index contributed by atoms with van der Waals surface area (Å²) >= 11 is 0.379. The number of hydrogen-bond donors (Lipinski definition) is 1. The highest BCUT2D eigenvalue weighted by Gasteiger charge is 2.51. The Morgan fingerprint density at radius 2 is 1.97 bits per heavy atom. The van der Waals surface area contributed by atoms with Gasteiger partial charge < -0.3 is 0 Å². The summed E-state index contributed by atoms with van der Waals surface area (Å²) in [5.74, 6) is 1.09. The van der Waals surface area contributed by atoms with E-state index in [2.05, 4.69) is 16.1 Å². The normalized spacial score (nSPS) is 16.5. The van der Waals surface area contributed by atoms with Crippen LogP contribution in [0, 0.1) is 23.6 Å². The van der Waals surface area contributed by atoms with Gasteiger partial charge in [-0.25, -0.2) is 36.1 Å². The number of nitrogens with two attached hydrogens (primary N) is 1. The van der Waals surface area contributed by atoms with Crippen molar-refractivity contribution in [2.75, 3.05) is 6.67 Å². The summed E-state index contributed by atoms with van der Waals surface area (Å²) < 4.78 is 79.5. The molecule has 2 heterocycles. The molecule has 0 spiro atoms. The molecule has 1 aromatic carbocycles. The van der Waals surface area contributed by atoms with Gasteiger partial charge in [0.25, 0.3) is 6.43 Å². The second-order valence-corrected chi connectivity index (χ2v) is 9.61. The van der Waals surface area contributed by atoms with E-state index in [4.69, 9.17) is 11.6 Å². The number of terminal acetylenes is 1. The molecule has 1 saturated carbocycles. The first-order valence-corrected chi connectivity index (χ1v) is 11.0. The molecule has 4 rings (SSSR count). The Labute approximate surface area is 176 Å². The summed E-state index contributed by atoms with van der Waals surface area (Å²) in [6.45, 7) is -0.840. The third-order valence-corrected chi connectivity index (χ3v) is 7.04. The quantitative estimate of drug-likeness (QED) is 0.434. The molecule has 0 radical (unpaired) electrons. The van der Waals surface area contributed by atoms with E-state index in [0.29, 0.717) is 24.2 Å². The largest absolute Gasteiger partial charge is 0.336 e. The van der Waals surface area contributed by atoms with Crippen molar-refractivity contribution in [3.8, 4) is 17.5 Å². The lowest BCUT2D eigenvalue weighted by atomic mass is 9.98. The van der Waals surface area contributed by atoms with Crippen LogP contribution >= 0.6 is 11.3 Å². The smallest absolute Gasteiger partial charge is 0.276 e. The highest BCUT2D eigenvalue weighted by atomic mass is 32.2. The number of primary sulfonamides is 1. The maximum atomic E-state index is 14.6. The lowest BCUT2D eigenvalue weighted by molar-refractivity contribution is 0.150. The Kier molecular flexibility index (Phi) is 4.95. The summed E-state index contributed by atoms with van der Waals surface area (Å²) in [5.41, 5.74) is -2.34. The first-order chi connectivity index (χ1) is 14.5. The van der Waals surface area contributed by atoms with Crippen LogP contribution in [0.15, 0.2) is 21.8 Å². The number of fused-ring (bicyclic) bond motifs is 1. The zero-order valence-corrected chi connectivity index (χ0v) is 17.1. The number of aromatic nitrogens is 4. The van der Waals surface area contributed by atoms with Gasteiger partial charge in [0.15, 0.2) is 5.01 Å². The van der Waals surface area contributed by atoms with Crippen LogP contribution in [0.5, 0.6) is 0 Å². The molecule has 1 fully saturated rings. The minimum Gasteiger partial charge on any atom is -0.276 e. The predicted octanol–water partition coefficient (Wildman–Crippen LogP) is 2.29. The van der Waals surface area contributed by atoms with Crippen LogP contribution in [-0.2, 0) is 10.0 Å². The molecule has 8 nitrogen and oxygen atoms in total. The molecule has 2 N–H and O–H groups in total. The van der Waals surface area contributed by atoms with Crippen LogP contribution in [0.3, 0.4) is 0 Å². The first-order valence-electron chi connectivity index (χ1n) is 8.67. The SMILES string of the molecule is C#CC(n1c(=O)n(-c2nnc(C(F)F)s2)c2cc(S(N)(=O)=O)c(F)cc21)C1(CF)CC1. The van der Waals surface area contributed by atoms with E-state index >= 15 is 0 Å². The standard InChI is InChI=1S/C17H13F4N5O3S2/c1-2-12(17(7-18)3-4-17)25-9-5-8(19)11(31(22,28)29)6-10(9)26(16(25)27)15-24-23-14(30-15)13(20)21/h1,5-6,12-13H,3-4,7H2,(H2,22,28,29). The van der Waals surface area contributed by atoms with Crippen molar-refractivity contribution in [1.29, 1.82) is 0 Å². The number of imidazole rings is 1. The summed E-state index contributed by atoms with van der Waals surface area (Å²) in [4.78, 5) is 12.4. The minimum absolute atomic E-state index is 0.161. The Balaban J connectivity index is 2.10. The topological polar surface area (TPSA) is 113 Å². The molecule has 14 heteroatoms. The van der Waals surface area contributed by atoms with E-state index in [1.165, 1.54) is 0 Å². The molecular formula is C17H13F4N5O3S2. The zero-order valence-electron chi connectivity index (χ0n) is 15.4. The average Bonchev–Trinajstić information content (AvgIpc) is 3.24. The molecule has 0 bridgehead atoms. The van der Waals surface area contributed by atoms with Gasteiger partial charge in [0, 0.05) is 11.5 Å². The molecule has 1 atom stereocenters. The third-order valence-electron chi connectivity index (χ3n) is 5.20. The zero-order chi connectivity index (χ0) is 22.7. The molecule has 1 aliphatic rings. The Morgan fingerprint density at radius 1 is 1.29 bits per heavy atom. The van der Waals surface area contributed by atoms with Gasteiger partial charge in [-0.3, -0.25) is 8.96 Å². The van der Waals surface area contributed by atoms with Crippen molar-refractivity contribution in [3.05, 3.63) is 33.4 Å². The fraction of sp³-hybridized carbons (Fsp3) is 0.353. The maximum absolute atomic E-state index is 14.6. The fourth-order valence-electron chi connectivity index (χ4n) is 3.44. The number of benzene rings is 1. The van der Waals surface area contributed by atoms with Crippen molar-refractivity contribution in [2.24, 2.45) is 10.6 Å². The van der Waals surface area contributed by atoms with Gasteiger partial charge in [0.1, 0.15) is 16.8 Å². The fourth-order valence-corrected chi connectivity index (χ4v) is 4.76. The van der Waals surface area contributed by atoms with Gasteiger partial charge in [0.05, 0.1) is 17.7 Å². The third kappa shape index (κ3) is 3.33. The molecule has 31 heavy (non-hydrogen) atoms. The van der Waals surface area contributed by atoms with Crippen LogP contribution in [0.2, 0.25) is 0 Å². The van der Waals surface area contributed by atoms with E-state index in [1.807, 2.05) is 0 Å². The van der Waals surface area contributed by atoms with Crippen molar-refractivity contribution in [1.82, 2.24) is 19.3 Å². The van der Waals surface area contributed by atoms with Gasteiger partial charge in [0.2, 0.25) is 15.2 Å². The highest BCUT2D eigenvalue weighted by Crippen LogP contribution is 2.54. The molecule has 0 amide bonds. The molecular weight excluding hydrogens is 462 g/mol. The molecule has 3 aromatic rings. The maximum Gasteiger partial charge on any atom is 0.336 e. The number of rotatable bonds is 6. The summed E-state index contributed by atoms with van der Waals surface area (Å²) in [7, 11) is -4.53. The first kappa shape index (κ1) is 21.5. The average molecular weight is 475 g/mol. The monoisotopic (exact) mass is 475 g/mol. The van der Waals surface area contributed by atoms with Crippen molar-refractivity contribution in [2.45, 2.75) is 30.2 Å². The van der Waals surface area contributed by atoms with Crippen LogP contribution in [0.25, 0.3) is 16.2 Å². The van der Waals surface area contributed by atoms with Gasteiger partial charge >= 0.3 is 5.69 Å². The predicted molar refractivity (Wildman–Crippen MR) is 103 cm³/mol. The van der Waals surface area contributed by atoms with E-state index in [0.717, 1.165) is 21.3 Å². The van der Waals surface area contributed by atoms with Crippen LogP contribution in [0.4, 0.5) is 17.6 Å². The summed E-state index contributed by atoms with van der Waals surface area (Å²) in [5, 5.41) is 10.9. The highest BCUT2D eigenvalue weighted by molar-refractivity contribution is 7.89. The Hall–Kier alpha value is -2.76. The number of halogens is 4. The summed E-state index contributed by atoms with van der Waals surface area (Å²) in [6.07, 6.45) is 3.37. The van der Waals surface area contributed by atoms with Gasteiger partial charge in [-0.2, -0.15) is 0 Å². The Morgan fingerprint density at radius 3 is 2.45 bits per heavy atom. The minimum atomic E-state index is -4.53. The summed E-state index contributed by atoms with van der Waals surface area (Å²) in [6, 6.07) is 0.390. The molecule has 0 aliphatic heterocycles. The number of alkyl halides is 3. The second-order valence-electron chi connectivity index (χ2n) is 7.09. The number of nitrogens with zero attached hydrogens (tertiary/aromatic N) is 4. The lowest BCUT2D eigenvalue weighted by Crippen LogP contribution is -2.31. The van der Waals surface area contributed by atoms with Gasteiger partial charge in [-0.05, 0) is 18.9 Å². The van der Waals surface area contributed by atoms with Crippen molar-refractivity contribution >= 4 is 32.4 Å². The van der Waals surface area contributed by atoms with Crippen molar-refractivity contribution < 1.29 is 26.0 Å². The second kappa shape index (κ2) is 7.14. The van der Waals surface area contributed by atoms with Gasteiger partial charge in [-0.1, -0.05) is 17.3 Å². The van der Waals surface area contributed by atoms with Crippen LogP contribution < -0.4 is 10.8 Å². The van der Waals surface area contributed by atoms with Gasteiger partial charge in [-0.15, -0.1) is 16.6 Å². The van der Waals surface area contributed by atoms with E-state index in [9.17, 15) is 30.8 Å². The number of sulfonamides is 1. The van der Waals surface area contributed by atoms with Crippen LogP contribution in [0.1, 0.15) is 30.3 Å². The molecule has 1 aliphatic carbocycles.